The minimum absolute atomic E-state index is 0.108. The number of aromatic amines is 1. The van der Waals surface area contributed by atoms with Crippen molar-refractivity contribution in [2.24, 2.45) is 0 Å². The quantitative estimate of drug-likeness (QED) is 0.875. The van der Waals surface area contributed by atoms with E-state index in [1.54, 1.807) is 0 Å². The number of benzene rings is 1. The molecule has 0 bridgehead atoms. The van der Waals surface area contributed by atoms with Gasteiger partial charge in [-0.15, -0.1) is 0 Å². The second-order valence-electron chi connectivity index (χ2n) is 4.05. The van der Waals surface area contributed by atoms with Crippen LogP contribution in [0.15, 0.2) is 18.2 Å². The highest BCUT2D eigenvalue weighted by atomic mass is 19.1. The van der Waals surface area contributed by atoms with Gasteiger partial charge in [-0.2, -0.15) is 5.10 Å². The number of ether oxygens (including phenoxy) is 2. The number of hydrogen-bond donors (Lipinski definition) is 2. The lowest BCUT2D eigenvalue weighted by molar-refractivity contribution is 0.0690. The van der Waals surface area contributed by atoms with Crippen molar-refractivity contribution < 1.29 is 23.8 Å². The third-order valence-electron chi connectivity index (χ3n) is 2.75. The lowest BCUT2D eigenvalue weighted by Gasteiger charge is -2.10. The number of carboxylic acids is 1. The largest absolute Gasteiger partial charge is 0.496 e. The third-order valence-corrected chi connectivity index (χ3v) is 2.75. The molecule has 1 heterocycles. The maximum Gasteiger partial charge on any atom is 0.353 e. The molecule has 1 aromatic carbocycles. The van der Waals surface area contributed by atoms with Gasteiger partial charge in [-0.1, -0.05) is 0 Å². The number of aromatic nitrogens is 2. The molecule has 0 radical (unpaired) electrons. The Labute approximate surface area is 114 Å². The van der Waals surface area contributed by atoms with Crippen molar-refractivity contribution in [3.8, 4) is 17.0 Å². The molecule has 0 aliphatic rings. The van der Waals surface area contributed by atoms with Crippen molar-refractivity contribution in [1.82, 2.24) is 10.2 Å². The van der Waals surface area contributed by atoms with Crippen LogP contribution in [-0.4, -0.2) is 35.5 Å². The summed E-state index contributed by atoms with van der Waals surface area (Å²) < 4.78 is 24.1. The molecule has 7 heteroatoms. The van der Waals surface area contributed by atoms with Crippen LogP contribution in [0, 0.1) is 5.82 Å². The van der Waals surface area contributed by atoms with Gasteiger partial charge >= 0.3 is 5.97 Å². The molecule has 0 aliphatic carbocycles. The predicted octanol–water partition coefficient (Wildman–Crippen LogP) is 2.07. The molecular formula is C13H13FN2O4. The molecule has 0 spiro atoms. The van der Waals surface area contributed by atoms with E-state index < -0.39 is 11.8 Å². The van der Waals surface area contributed by atoms with Gasteiger partial charge in [0.2, 0.25) is 0 Å². The number of nitrogens with one attached hydrogen (secondary N) is 1. The molecule has 0 atom stereocenters. The monoisotopic (exact) mass is 280 g/mol. The first kappa shape index (κ1) is 14.0. The van der Waals surface area contributed by atoms with Crippen LogP contribution in [-0.2, 0) is 11.3 Å². The number of nitrogens with zero attached hydrogens (tertiary/aromatic N) is 1. The molecule has 0 aliphatic heterocycles. The predicted molar refractivity (Wildman–Crippen MR) is 68.2 cm³/mol. The lowest BCUT2D eigenvalue weighted by atomic mass is 10.1. The van der Waals surface area contributed by atoms with Gasteiger partial charge in [-0.05, 0) is 12.1 Å². The first-order valence-electron chi connectivity index (χ1n) is 5.71. The van der Waals surface area contributed by atoms with E-state index in [1.165, 1.54) is 32.4 Å². The maximum atomic E-state index is 14.0. The Kier molecular flexibility index (Phi) is 3.99. The van der Waals surface area contributed by atoms with Gasteiger partial charge < -0.3 is 14.6 Å². The van der Waals surface area contributed by atoms with Crippen molar-refractivity contribution in [3.63, 3.8) is 0 Å². The van der Waals surface area contributed by atoms with Crippen LogP contribution in [0.4, 0.5) is 4.39 Å². The molecule has 6 nitrogen and oxygen atoms in total. The van der Waals surface area contributed by atoms with E-state index in [9.17, 15) is 9.18 Å². The number of carbonyl (C=O) groups is 1. The van der Waals surface area contributed by atoms with Crippen LogP contribution in [0.25, 0.3) is 11.3 Å². The molecule has 0 amide bonds. The van der Waals surface area contributed by atoms with Crippen LogP contribution >= 0.6 is 0 Å². The molecular weight excluding hydrogens is 267 g/mol. The summed E-state index contributed by atoms with van der Waals surface area (Å²) in [6, 6.07) is 4.02. The molecule has 0 saturated carbocycles. The number of carboxylic acid groups (broad SMARTS) is 1. The van der Waals surface area contributed by atoms with Gasteiger partial charge in [-0.3, -0.25) is 5.10 Å². The van der Waals surface area contributed by atoms with Crippen molar-refractivity contribution in [2.45, 2.75) is 6.61 Å². The third kappa shape index (κ3) is 2.62. The average Bonchev–Trinajstić information content (AvgIpc) is 2.90. The fourth-order valence-corrected chi connectivity index (χ4v) is 1.82. The normalized spacial score (nSPS) is 10.6. The summed E-state index contributed by atoms with van der Waals surface area (Å²) in [6.07, 6.45) is 0. The highest BCUT2D eigenvalue weighted by molar-refractivity contribution is 5.86. The van der Waals surface area contributed by atoms with Gasteiger partial charge in [0.1, 0.15) is 17.3 Å². The Hall–Kier alpha value is -2.41. The minimum Gasteiger partial charge on any atom is -0.496 e. The molecule has 0 saturated heterocycles. The molecule has 1 aromatic heterocycles. The molecule has 20 heavy (non-hydrogen) atoms. The standard InChI is InChI=1S/C13H13FN2O4/c1-19-6-7-3-8(9(14)4-12(7)20-2)10-5-11(13(17)18)16-15-10/h3-5H,6H2,1-2H3,(H,15,16)(H,17,18). The Morgan fingerprint density at radius 2 is 2.15 bits per heavy atom. The van der Waals surface area contributed by atoms with Gasteiger partial charge in [0, 0.05) is 24.3 Å². The molecule has 2 aromatic rings. The van der Waals surface area contributed by atoms with Crippen LogP contribution < -0.4 is 4.74 Å². The molecule has 106 valence electrons. The molecule has 2 rings (SSSR count). The Morgan fingerprint density at radius 1 is 1.40 bits per heavy atom. The van der Waals surface area contributed by atoms with Crippen molar-refractivity contribution in [2.75, 3.05) is 14.2 Å². The second kappa shape index (κ2) is 5.70. The van der Waals surface area contributed by atoms with E-state index in [-0.39, 0.29) is 23.6 Å². The molecule has 0 fully saturated rings. The fraction of sp³-hybridized carbons (Fsp3) is 0.231. The maximum absolute atomic E-state index is 14.0. The van der Waals surface area contributed by atoms with Crippen molar-refractivity contribution in [1.29, 1.82) is 0 Å². The van der Waals surface area contributed by atoms with Crippen LogP contribution in [0.3, 0.4) is 0 Å². The Bertz CT molecular complexity index is 639. The summed E-state index contributed by atoms with van der Waals surface area (Å²) in [4.78, 5) is 10.8. The van der Waals surface area contributed by atoms with Crippen LogP contribution in [0.1, 0.15) is 16.1 Å². The molecule has 2 N–H and O–H groups in total. The average molecular weight is 280 g/mol. The zero-order valence-electron chi connectivity index (χ0n) is 10.9. The second-order valence-corrected chi connectivity index (χ2v) is 4.05. The number of rotatable bonds is 5. The van der Waals surface area contributed by atoms with Crippen LogP contribution in [0.5, 0.6) is 5.75 Å². The van der Waals surface area contributed by atoms with Gasteiger partial charge in [0.05, 0.1) is 19.4 Å². The van der Waals surface area contributed by atoms with Gasteiger partial charge in [0.15, 0.2) is 0 Å². The van der Waals surface area contributed by atoms with E-state index in [2.05, 4.69) is 10.2 Å². The Morgan fingerprint density at radius 3 is 2.70 bits per heavy atom. The first-order chi connectivity index (χ1) is 9.56. The topological polar surface area (TPSA) is 84.4 Å². The summed E-state index contributed by atoms with van der Waals surface area (Å²) in [7, 11) is 2.95. The summed E-state index contributed by atoms with van der Waals surface area (Å²) >= 11 is 0. The first-order valence-corrected chi connectivity index (χ1v) is 5.71. The zero-order chi connectivity index (χ0) is 14.7. The number of methoxy groups -OCH3 is 2. The summed E-state index contributed by atoms with van der Waals surface area (Å²) in [5.41, 5.74) is 0.927. The van der Waals surface area contributed by atoms with E-state index in [0.29, 0.717) is 11.3 Å². The van der Waals surface area contributed by atoms with Gasteiger partial charge in [0.25, 0.3) is 0 Å². The molecule has 0 unspecified atom stereocenters. The van der Waals surface area contributed by atoms with E-state index in [0.717, 1.165) is 0 Å². The smallest absolute Gasteiger partial charge is 0.353 e. The number of H-pyrrole nitrogens is 1. The van der Waals surface area contributed by atoms with E-state index in [1.807, 2.05) is 0 Å². The minimum atomic E-state index is -1.16. The summed E-state index contributed by atoms with van der Waals surface area (Å²) in [6.45, 7) is 0.243. The fourth-order valence-electron chi connectivity index (χ4n) is 1.82. The van der Waals surface area contributed by atoms with Gasteiger partial charge in [-0.25, -0.2) is 9.18 Å². The van der Waals surface area contributed by atoms with Crippen molar-refractivity contribution >= 4 is 5.97 Å². The lowest BCUT2D eigenvalue weighted by Crippen LogP contribution is -1.97. The zero-order valence-corrected chi connectivity index (χ0v) is 10.9. The highest BCUT2D eigenvalue weighted by Crippen LogP contribution is 2.29. The number of halogens is 1. The summed E-state index contributed by atoms with van der Waals surface area (Å²) in [5.74, 6) is -1.35. The number of aromatic carboxylic acids is 1. The van der Waals surface area contributed by atoms with E-state index >= 15 is 0 Å². The Balaban J connectivity index is 2.49. The van der Waals surface area contributed by atoms with E-state index in [4.69, 9.17) is 14.6 Å². The van der Waals surface area contributed by atoms with Crippen molar-refractivity contribution in [3.05, 3.63) is 35.3 Å². The number of hydrogen-bond acceptors (Lipinski definition) is 4. The SMILES string of the molecule is COCc1cc(-c2cc(C(=O)O)[nH]n2)c(F)cc1OC. The highest BCUT2D eigenvalue weighted by Gasteiger charge is 2.16. The van der Waals surface area contributed by atoms with Crippen LogP contribution in [0.2, 0.25) is 0 Å². The summed E-state index contributed by atoms with van der Waals surface area (Å²) in [5, 5.41) is 15.0.